The van der Waals surface area contributed by atoms with E-state index in [0.717, 1.165) is 25.0 Å². The molecule has 15 heavy (non-hydrogen) atoms. The topological polar surface area (TPSA) is 69.8 Å². The third-order valence-electron chi connectivity index (χ3n) is 2.04. The van der Waals surface area contributed by atoms with Crippen LogP contribution in [0.15, 0.2) is 6.07 Å². The van der Waals surface area contributed by atoms with Gasteiger partial charge in [0.25, 0.3) is 0 Å². The van der Waals surface area contributed by atoms with Crippen molar-refractivity contribution in [3.8, 4) is 0 Å². The van der Waals surface area contributed by atoms with Crippen molar-refractivity contribution < 1.29 is 4.79 Å². The summed E-state index contributed by atoms with van der Waals surface area (Å²) in [5.74, 6) is 0.521. The lowest BCUT2D eigenvalue weighted by atomic mass is 10.2. The number of aromatic amines is 1. The van der Waals surface area contributed by atoms with Gasteiger partial charge in [0, 0.05) is 11.8 Å². The Kier molecular flexibility index (Phi) is 4.83. The zero-order valence-corrected chi connectivity index (χ0v) is 9.26. The first kappa shape index (κ1) is 11.7. The van der Waals surface area contributed by atoms with Crippen molar-refractivity contribution in [2.75, 3.05) is 18.9 Å². The lowest BCUT2D eigenvalue weighted by molar-refractivity contribution is -0.115. The Morgan fingerprint density at radius 2 is 2.40 bits per heavy atom. The minimum atomic E-state index is -0.0777. The first-order chi connectivity index (χ1) is 7.26. The van der Waals surface area contributed by atoms with Gasteiger partial charge in [-0.15, -0.1) is 0 Å². The van der Waals surface area contributed by atoms with Crippen molar-refractivity contribution >= 4 is 11.7 Å². The number of carbonyl (C=O) groups is 1. The van der Waals surface area contributed by atoms with E-state index in [1.807, 2.05) is 6.07 Å². The molecule has 1 amide bonds. The lowest BCUT2D eigenvalue weighted by Crippen LogP contribution is -2.25. The van der Waals surface area contributed by atoms with E-state index in [0.29, 0.717) is 12.4 Å². The van der Waals surface area contributed by atoms with Crippen molar-refractivity contribution in [3.05, 3.63) is 11.8 Å². The fraction of sp³-hybridized carbons (Fsp3) is 0.600. The Balaban J connectivity index is 2.42. The van der Waals surface area contributed by atoms with E-state index < -0.39 is 0 Å². The van der Waals surface area contributed by atoms with E-state index in [4.69, 9.17) is 0 Å². The summed E-state index contributed by atoms with van der Waals surface area (Å²) in [4.78, 5) is 11.2. The summed E-state index contributed by atoms with van der Waals surface area (Å²) < 4.78 is 0. The normalized spacial score (nSPS) is 10.3. The molecular weight excluding hydrogens is 192 g/mol. The van der Waals surface area contributed by atoms with Crippen molar-refractivity contribution in [2.24, 2.45) is 0 Å². The number of aryl methyl sites for hydroxylation is 1. The van der Waals surface area contributed by atoms with Crippen LogP contribution in [0.2, 0.25) is 0 Å². The van der Waals surface area contributed by atoms with Gasteiger partial charge < -0.3 is 10.6 Å². The van der Waals surface area contributed by atoms with Crippen LogP contribution in [-0.2, 0) is 11.2 Å². The second-order valence-electron chi connectivity index (χ2n) is 3.46. The number of likely N-dealkylation sites (N-methyl/N-ethyl adjacent to an activating group) is 1. The van der Waals surface area contributed by atoms with E-state index in [-0.39, 0.29) is 5.91 Å². The molecule has 0 bridgehead atoms. The summed E-state index contributed by atoms with van der Waals surface area (Å²) in [5.41, 5.74) is 1.07. The first-order valence-electron chi connectivity index (χ1n) is 5.25. The van der Waals surface area contributed by atoms with Crippen LogP contribution in [0.4, 0.5) is 5.82 Å². The summed E-state index contributed by atoms with van der Waals surface area (Å²) >= 11 is 0. The van der Waals surface area contributed by atoms with Gasteiger partial charge >= 0.3 is 0 Å². The molecule has 0 aromatic carbocycles. The summed E-state index contributed by atoms with van der Waals surface area (Å²) in [6, 6.07) is 1.88. The Hall–Kier alpha value is -1.36. The number of aromatic nitrogens is 2. The Bertz CT molecular complexity index is 308. The number of hydrogen-bond donors (Lipinski definition) is 3. The molecule has 0 saturated carbocycles. The zero-order valence-electron chi connectivity index (χ0n) is 9.26. The predicted molar refractivity (Wildman–Crippen MR) is 59.8 cm³/mol. The number of carbonyl (C=O) groups excluding carboxylic acids is 1. The monoisotopic (exact) mass is 210 g/mol. The first-order valence-corrected chi connectivity index (χ1v) is 5.25. The molecule has 0 aliphatic carbocycles. The van der Waals surface area contributed by atoms with Crippen LogP contribution in [0.1, 0.15) is 25.5 Å². The van der Waals surface area contributed by atoms with E-state index in [9.17, 15) is 4.79 Å². The van der Waals surface area contributed by atoms with Crippen molar-refractivity contribution in [1.82, 2.24) is 15.5 Å². The number of anilines is 1. The van der Waals surface area contributed by atoms with Gasteiger partial charge in [-0.2, -0.15) is 5.10 Å². The van der Waals surface area contributed by atoms with Crippen LogP contribution in [-0.4, -0.2) is 29.7 Å². The van der Waals surface area contributed by atoms with Gasteiger partial charge in [0.05, 0.1) is 6.54 Å². The summed E-state index contributed by atoms with van der Waals surface area (Å²) in [6.07, 6.45) is 3.26. The Labute approximate surface area is 89.6 Å². The van der Waals surface area contributed by atoms with Gasteiger partial charge in [-0.25, -0.2) is 0 Å². The summed E-state index contributed by atoms with van der Waals surface area (Å²) in [5, 5.41) is 12.4. The van der Waals surface area contributed by atoms with E-state index in [2.05, 4.69) is 27.8 Å². The Morgan fingerprint density at radius 3 is 3.07 bits per heavy atom. The largest absolute Gasteiger partial charge is 0.311 e. The molecule has 0 aliphatic heterocycles. The molecule has 3 N–H and O–H groups in total. The van der Waals surface area contributed by atoms with Gasteiger partial charge in [-0.3, -0.25) is 9.89 Å². The molecule has 84 valence electrons. The maximum absolute atomic E-state index is 11.2. The van der Waals surface area contributed by atoms with Gasteiger partial charge in [-0.05, 0) is 19.9 Å². The highest BCUT2D eigenvalue weighted by Gasteiger charge is 2.04. The van der Waals surface area contributed by atoms with Crippen molar-refractivity contribution in [1.29, 1.82) is 0 Å². The molecule has 0 atom stereocenters. The standard InChI is InChI=1S/C10H18N4O/c1-3-4-5-8-6-9(14-13-8)12-10(15)7-11-2/h6,11H,3-5,7H2,1-2H3,(H2,12,13,14,15). The van der Waals surface area contributed by atoms with Gasteiger partial charge in [0.1, 0.15) is 0 Å². The second-order valence-corrected chi connectivity index (χ2v) is 3.46. The molecule has 5 heteroatoms. The highest BCUT2D eigenvalue weighted by atomic mass is 16.1. The number of H-pyrrole nitrogens is 1. The number of unbranched alkanes of at least 4 members (excludes halogenated alkanes) is 1. The number of amides is 1. The number of nitrogens with one attached hydrogen (secondary N) is 3. The molecule has 0 saturated heterocycles. The van der Waals surface area contributed by atoms with E-state index in [1.165, 1.54) is 0 Å². The molecule has 1 aromatic heterocycles. The number of rotatable bonds is 6. The average molecular weight is 210 g/mol. The fourth-order valence-corrected chi connectivity index (χ4v) is 1.27. The maximum atomic E-state index is 11.2. The molecule has 1 heterocycles. The molecule has 0 aliphatic rings. The van der Waals surface area contributed by atoms with Gasteiger partial charge in [0.15, 0.2) is 5.82 Å². The zero-order chi connectivity index (χ0) is 11.1. The van der Waals surface area contributed by atoms with Crippen molar-refractivity contribution in [3.63, 3.8) is 0 Å². The molecule has 0 spiro atoms. The maximum Gasteiger partial charge on any atom is 0.239 e. The van der Waals surface area contributed by atoms with Crippen LogP contribution in [0, 0.1) is 0 Å². The second kappa shape index (κ2) is 6.19. The van der Waals surface area contributed by atoms with Crippen LogP contribution in [0.25, 0.3) is 0 Å². The quantitative estimate of drug-likeness (QED) is 0.653. The number of hydrogen-bond acceptors (Lipinski definition) is 3. The van der Waals surface area contributed by atoms with Crippen LogP contribution >= 0.6 is 0 Å². The molecule has 0 unspecified atom stereocenters. The van der Waals surface area contributed by atoms with Crippen molar-refractivity contribution in [2.45, 2.75) is 26.2 Å². The minimum absolute atomic E-state index is 0.0777. The highest BCUT2D eigenvalue weighted by Crippen LogP contribution is 2.07. The van der Waals surface area contributed by atoms with Crippen LogP contribution in [0.5, 0.6) is 0 Å². The fourth-order valence-electron chi connectivity index (χ4n) is 1.27. The summed E-state index contributed by atoms with van der Waals surface area (Å²) in [6.45, 7) is 2.45. The average Bonchev–Trinajstić information content (AvgIpc) is 2.63. The SMILES string of the molecule is CCCCc1cc(NC(=O)CNC)n[nH]1. The summed E-state index contributed by atoms with van der Waals surface area (Å²) in [7, 11) is 1.73. The Morgan fingerprint density at radius 1 is 1.60 bits per heavy atom. The third kappa shape index (κ3) is 4.12. The van der Waals surface area contributed by atoms with Crippen LogP contribution in [0.3, 0.4) is 0 Å². The smallest absolute Gasteiger partial charge is 0.239 e. The van der Waals surface area contributed by atoms with Gasteiger partial charge in [0.2, 0.25) is 5.91 Å². The molecular formula is C10H18N4O. The van der Waals surface area contributed by atoms with E-state index in [1.54, 1.807) is 7.05 Å². The molecule has 1 rings (SSSR count). The molecule has 1 aromatic rings. The van der Waals surface area contributed by atoms with Crippen LogP contribution < -0.4 is 10.6 Å². The molecule has 0 radical (unpaired) electrons. The third-order valence-corrected chi connectivity index (χ3v) is 2.04. The van der Waals surface area contributed by atoms with Gasteiger partial charge in [-0.1, -0.05) is 13.3 Å². The highest BCUT2D eigenvalue weighted by molar-refractivity contribution is 5.91. The molecule has 5 nitrogen and oxygen atoms in total. The van der Waals surface area contributed by atoms with E-state index >= 15 is 0 Å². The number of nitrogens with zero attached hydrogens (tertiary/aromatic N) is 1. The lowest BCUT2D eigenvalue weighted by Gasteiger charge is -1.98. The predicted octanol–water partition coefficient (Wildman–Crippen LogP) is 0.910. The minimum Gasteiger partial charge on any atom is -0.311 e. The molecule has 0 fully saturated rings.